The highest BCUT2D eigenvalue weighted by atomic mass is 31.2. The van der Waals surface area contributed by atoms with Crippen molar-refractivity contribution < 1.29 is 42.1 Å². The lowest BCUT2D eigenvalue weighted by Crippen LogP contribution is -2.37. The van der Waals surface area contributed by atoms with Gasteiger partial charge in [-0.05, 0) is 103 Å². The second kappa shape index (κ2) is 68.0. The van der Waals surface area contributed by atoms with Crippen LogP contribution in [0.3, 0.4) is 0 Å². The van der Waals surface area contributed by atoms with Crippen LogP contribution < -0.4 is 0 Å². The third kappa shape index (κ3) is 71.7. The molecule has 0 saturated heterocycles. The largest absolute Gasteiger partial charge is 0.472 e. The zero-order valence-electron chi connectivity index (χ0n) is 57.9. The Morgan fingerprint density at radius 1 is 0.364 bits per heavy atom. The fourth-order valence-electron chi connectivity index (χ4n) is 10.2. The fraction of sp³-hybridized carbons (Fsp3) is 0.744. The molecule has 1 N–H and O–H groups in total. The van der Waals surface area contributed by atoms with Gasteiger partial charge < -0.3 is 18.9 Å². The number of quaternary nitrogens is 1. The van der Waals surface area contributed by atoms with Crippen molar-refractivity contribution >= 4 is 19.8 Å². The van der Waals surface area contributed by atoms with E-state index < -0.39 is 26.5 Å². The molecule has 0 aromatic carbocycles. The second-order valence-corrected chi connectivity index (χ2v) is 27.0. The normalized spacial score (nSPS) is 13.8. The van der Waals surface area contributed by atoms with E-state index in [9.17, 15) is 19.0 Å². The molecule has 0 aliphatic rings. The van der Waals surface area contributed by atoms with Crippen molar-refractivity contribution in [2.24, 2.45) is 0 Å². The highest BCUT2D eigenvalue weighted by Crippen LogP contribution is 2.43. The van der Waals surface area contributed by atoms with Crippen molar-refractivity contribution in [3.63, 3.8) is 0 Å². The van der Waals surface area contributed by atoms with Gasteiger partial charge >= 0.3 is 19.8 Å². The van der Waals surface area contributed by atoms with Gasteiger partial charge in [-0.15, -0.1) is 0 Å². The van der Waals surface area contributed by atoms with Crippen LogP contribution in [0.2, 0.25) is 0 Å². The lowest BCUT2D eigenvalue weighted by molar-refractivity contribution is -0.870. The highest BCUT2D eigenvalue weighted by molar-refractivity contribution is 7.47. The average molecular weight is 1250 g/mol. The molecule has 9 nitrogen and oxygen atoms in total. The maximum absolute atomic E-state index is 12.9. The molecular weight excluding hydrogens is 1110 g/mol. The predicted octanol–water partition coefficient (Wildman–Crippen LogP) is 24.1. The fourth-order valence-corrected chi connectivity index (χ4v) is 10.9. The molecule has 0 heterocycles. The van der Waals surface area contributed by atoms with E-state index in [2.05, 4.69) is 123 Å². The molecule has 0 radical (unpaired) electrons. The summed E-state index contributed by atoms with van der Waals surface area (Å²) in [6, 6.07) is 0. The van der Waals surface area contributed by atoms with Crippen molar-refractivity contribution in [2.45, 2.75) is 328 Å². The number of phosphoric ester groups is 1. The van der Waals surface area contributed by atoms with E-state index in [-0.39, 0.29) is 32.0 Å². The minimum absolute atomic E-state index is 0.0284. The number of likely N-dealkylation sites (N-methyl/N-ethyl adjacent to an activating group) is 1. The Morgan fingerprint density at radius 2 is 0.648 bits per heavy atom. The summed E-state index contributed by atoms with van der Waals surface area (Å²) >= 11 is 0. The quantitative estimate of drug-likeness (QED) is 0.0211. The smallest absolute Gasteiger partial charge is 0.462 e. The average Bonchev–Trinajstić information content (AvgIpc) is 3.58. The molecule has 0 fully saturated rings. The lowest BCUT2D eigenvalue weighted by Gasteiger charge is -2.24. The monoisotopic (exact) mass is 1250 g/mol. The van der Waals surface area contributed by atoms with Crippen LogP contribution in [0.25, 0.3) is 0 Å². The summed E-state index contributed by atoms with van der Waals surface area (Å²) < 4.78 is 34.7. The van der Waals surface area contributed by atoms with Crippen LogP contribution in [0, 0.1) is 0 Å². The van der Waals surface area contributed by atoms with Crippen LogP contribution in [0.1, 0.15) is 322 Å². The lowest BCUT2D eigenvalue weighted by atomic mass is 10.0. The summed E-state index contributed by atoms with van der Waals surface area (Å²) in [5, 5.41) is 0. The van der Waals surface area contributed by atoms with Gasteiger partial charge in [-0.25, -0.2) is 4.57 Å². The summed E-state index contributed by atoms with van der Waals surface area (Å²) in [6.07, 6.45) is 96.4. The van der Waals surface area contributed by atoms with Gasteiger partial charge in [-0.3, -0.25) is 18.6 Å². The van der Waals surface area contributed by atoms with E-state index in [4.69, 9.17) is 18.5 Å². The molecule has 0 saturated carbocycles. The van der Waals surface area contributed by atoms with Crippen LogP contribution >= 0.6 is 7.82 Å². The van der Waals surface area contributed by atoms with Crippen LogP contribution in [0.4, 0.5) is 0 Å². The number of unbranched alkanes of at least 4 members (excludes halogenated alkanes) is 35. The second-order valence-electron chi connectivity index (χ2n) is 25.6. The Bertz CT molecular complexity index is 1850. The first-order valence-electron chi connectivity index (χ1n) is 36.6. The number of hydrogen-bond acceptors (Lipinski definition) is 7. The van der Waals surface area contributed by atoms with Crippen molar-refractivity contribution in [1.29, 1.82) is 0 Å². The summed E-state index contributed by atoms with van der Waals surface area (Å²) in [5.41, 5.74) is 0. The van der Waals surface area contributed by atoms with Gasteiger partial charge in [0.15, 0.2) is 6.10 Å². The molecule has 2 atom stereocenters. The first-order chi connectivity index (χ1) is 43.0. The first-order valence-corrected chi connectivity index (χ1v) is 38.1. The molecule has 0 aliphatic carbocycles. The van der Waals surface area contributed by atoms with Gasteiger partial charge in [0.05, 0.1) is 27.7 Å². The minimum Gasteiger partial charge on any atom is -0.462 e. The van der Waals surface area contributed by atoms with Crippen LogP contribution in [0.15, 0.2) is 109 Å². The number of hydrogen-bond donors (Lipinski definition) is 1. The van der Waals surface area contributed by atoms with E-state index in [0.717, 1.165) is 96.3 Å². The number of rotatable bonds is 67. The zero-order valence-corrected chi connectivity index (χ0v) is 58.8. The number of carbonyl (C=O) groups is 2. The number of phosphoric acid groups is 1. The SMILES string of the molecule is CC/C=C\C/C=C\C/C=C\C/C=C\C/C=C\C/C=C\CCCCCCCCCCCCCCCCCCCCCCCCC(=O)OC(COC(=O)CCCCCCCCCC/C=C\C/C=C\C/C=C\CCCCCCC)COP(=O)(O)OCC[N+](C)(C)C. The van der Waals surface area contributed by atoms with E-state index in [0.29, 0.717) is 17.4 Å². The van der Waals surface area contributed by atoms with Gasteiger partial charge in [0.2, 0.25) is 0 Å². The molecule has 0 rings (SSSR count). The Morgan fingerprint density at radius 3 is 0.966 bits per heavy atom. The summed E-state index contributed by atoms with van der Waals surface area (Å²) in [4.78, 5) is 35.9. The van der Waals surface area contributed by atoms with Crippen molar-refractivity contribution in [3.05, 3.63) is 109 Å². The molecular formula is C78H139NO8P+. The minimum atomic E-state index is -4.40. The van der Waals surface area contributed by atoms with Gasteiger partial charge in [0, 0.05) is 12.8 Å². The molecule has 2 unspecified atom stereocenters. The standard InChI is InChI=1S/C78H138NO8P/c1-6-8-10-12-14-16-18-20-22-24-26-28-30-31-32-33-34-35-36-37-38-39-40-41-42-43-44-45-46-47-49-51-53-55-57-59-61-63-65-67-69-71-78(81)87-76(75-86-88(82,83)85-73-72-79(3,4)5)74-84-77(80)70-68-66-64-62-60-58-56-54-52-50-48-29-27-25-23-21-19-17-15-13-11-9-7-2/h8,10,14,16,19-22,25-28,31-32,34-35,48,50,76H,6-7,9,11-13,15,17-18,23-24,29-30,33,36-47,49,51-75H2,1-5H3/p+1/b10-8-,16-14-,21-19-,22-20-,27-25-,28-26-,32-31-,35-34-,50-48-. The van der Waals surface area contributed by atoms with E-state index >= 15 is 0 Å². The highest BCUT2D eigenvalue weighted by Gasteiger charge is 2.27. The third-order valence-corrected chi connectivity index (χ3v) is 16.8. The molecule has 0 aromatic heterocycles. The van der Waals surface area contributed by atoms with Gasteiger partial charge in [0.1, 0.15) is 19.8 Å². The van der Waals surface area contributed by atoms with Crippen molar-refractivity contribution in [3.8, 4) is 0 Å². The number of allylic oxidation sites excluding steroid dienone is 18. The maximum atomic E-state index is 12.9. The molecule has 0 spiro atoms. The van der Waals surface area contributed by atoms with Crippen LogP contribution in [-0.4, -0.2) is 74.9 Å². The maximum Gasteiger partial charge on any atom is 0.472 e. The number of esters is 2. The molecule has 0 aliphatic heterocycles. The molecule has 10 heteroatoms. The van der Waals surface area contributed by atoms with Crippen molar-refractivity contribution in [1.82, 2.24) is 0 Å². The van der Waals surface area contributed by atoms with E-state index in [1.54, 1.807) is 0 Å². The van der Waals surface area contributed by atoms with E-state index in [1.165, 1.54) is 193 Å². The third-order valence-electron chi connectivity index (χ3n) is 15.8. The molecule has 0 aromatic rings. The Hall–Kier alpha value is -3.33. The van der Waals surface area contributed by atoms with Crippen LogP contribution in [0.5, 0.6) is 0 Å². The Labute approximate surface area is 544 Å². The first kappa shape index (κ1) is 84.7. The number of nitrogens with zero attached hydrogens (tertiary/aromatic N) is 1. The van der Waals surface area contributed by atoms with Gasteiger partial charge in [-0.1, -0.05) is 316 Å². The Balaban J connectivity index is 3.97. The number of carbonyl (C=O) groups excluding carboxylic acids is 2. The van der Waals surface area contributed by atoms with Crippen molar-refractivity contribution in [2.75, 3.05) is 47.5 Å². The molecule has 0 bridgehead atoms. The van der Waals surface area contributed by atoms with E-state index in [1.807, 2.05) is 21.1 Å². The summed E-state index contributed by atoms with van der Waals surface area (Å²) in [5.74, 6) is -0.796. The van der Waals surface area contributed by atoms with Gasteiger partial charge in [-0.2, -0.15) is 0 Å². The molecule has 0 amide bonds. The summed E-state index contributed by atoms with van der Waals surface area (Å²) in [7, 11) is 1.48. The summed E-state index contributed by atoms with van der Waals surface area (Å²) in [6.45, 7) is 4.33. The number of ether oxygens (including phenoxy) is 2. The van der Waals surface area contributed by atoms with Gasteiger partial charge in [0.25, 0.3) is 0 Å². The Kier molecular flexibility index (Phi) is 65.5. The van der Waals surface area contributed by atoms with Crippen LogP contribution in [-0.2, 0) is 32.7 Å². The molecule has 508 valence electrons. The molecule has 88 heavy (non-hydrogen) atoms. The zero-order chi connectivity index (χ0) is 64.1. The predicted molar refractivity (Wildman–Crippen MR) is 381 cm³/mol. The topological polar surface area (TPSA) is 108 Å².